The third-order valence-corrected chi connectivity index (χ3v) is 8.45. The van der Waals surface area contributed by atoms with Crippen LogP contribution in [0.25, 0.3) is 0 Å². The Kier molecular flexibility index (Phi) is 19.0. The maximum atomic E-state index is 13.0. The second kappa shape index (κ2) is 20.3. The van der Waals surface area contributed by atoms with Crippen LogP contribution in [-0.2, 0) is 23.8 Å². The maximum Gasteiger partial charge on any atom is 0.343 e. The van der Waals surface area contributed by atoms with E-state index in [0.717, 1.165) is 32.2 Å². The molecule has 0 saturated heterocycles. The van der Waals surface area contributed by atoms with Gasteiger partial charge in [0.15, 0.2) is 11.9 Å². The molecule has 0 aliphatic heterocycles. The number of carbonyl (C=O) groups excluding carboxylic acids is 2. The molecule has 1 amide bonds. The molecule has 0 radical (unpaired) electrons. The Morgan fingerprint density at radius 1 is 0.718 bits per heavy atom. The highest BCUT2D eigenvalue weighted by Gasteiger charge is 2.38. The third-order valence-electron chi connectivity index (χ3n) is 6.21. The number of esters is 1. The second-order valence-electron chi connectivity index (χ2n) is 8.98. The number of carbonyl (C=O) groups is 2. The molecule has 0 spiro atoms. The molecule has 1 rings (SSSR count). The fourth-order valence-corrected chi connectivity index (χ4v) is 5.17. The maximum absolute atomic E-state index is 13.0. The molecule has 1 aromatic rings. The standard InChI is InChI=1S/C26H39Cl5N2O6/c1-36-16(15-33-17(34)13-11-9-7-5-4-6-8-10-12-14-32)23(37-2)25(38-3)26(35)39-24-21(30)19(28)18(27)20(29)22(24)31/h16,23,25H,4-15,32H2,1-3H3,(H,33,34)/t16-,23-,25+/m0/s1. The number of methoxy groups -OCH3 is 3. The first kappa shape index (κ1) is 36.5. The highest BCUT2D eigenvalue weighted by atomic mass is 35.5. The van der Waals surface area contributed by atoms with E-state index in [2.05, 4.69) is 5.32 Å². The normalized spacial score (nSPS) is 13.7. The van der Waals surface area contributed by atoms with Crippen molar-refractivity contribution in [1.29, 1.82) is 0 Å². The van der Waals surface area contributed by atoms with Gasteiger partial charge in [-0.25, -0.2) is 4.79 Å². The van der Waals surface area contributed by atoms with Crippen molar-refractivity contribution in [3.05, 3.63) is 25.1 Å². The van der Waals surface area contributed by atoms with Crippen molar-refractivity contribution in [2.75, 3.05) is 34.4 Å². The van der Waals surface area contributed by atoms with E-state index >= 15 is 0 Å². The van der Waals surface area contributed by atoms with E-state index < -0.39 is 24.3 Å². The van der Waals surface area contributed by atoms with Crippen LogP contribution < -0.4 is 15.8 Å². The van der Waals surface area contributed by atoms with Gasteiger partial charge in [-0.15, -0.1) is 0 Å². The van der Waals surface area contributed by atoms with Crippen molar-refractivity contribution in [2.24, 2.45) is 5.73 Å². The topological polar surface area (TPSA) is 109 Å². The lowest BCUT2D eigenvalue weighted by molar-refractivity contribution is -0.163. The summed E-state index contributed by atoms with van der Waals surface area (Å²) >= 11 is 30.5. The number of hydrogen-bond donors (Lipinski definition) is 2. The summed E-state index contributed by atoms with van der Waals surface area (Å²) in [6, 6.07) is 0. The van der Waals surface area contributed by atoms with Crippen molar-refractivity contribution in [3.63, 3.8) is 0 Å². The van der Waals surface area contributed by atoms with E-state index in [1.807, 2.05) is 0 Å². The molecule has 0 heterocycles. The molecule has 3 atom stereocenters. The van der Waals surface area contributed by atoms with Crippen molar-refractivity contribution < 1.29 is 28.5 Å². The summed E-state index contributed by atoms with van der Waals surface area (Å²) < 4.78 is 21.7. The van der Waals surface area contributed by atoms with Crippen LogP contribution in [-0.4, -0.2) is 64.6 Å². The fourth-order valence-electron chi connectivity index (χ4n) is 3.97. The summed E-state index contributed by atoms with van der Waals surface area (Å²) in [7, 11) is 4.11. The summed E-state index contributed by atoms with van der Waals surface area (Å²) in [4.78, 5) is 25.4. The van der Waals surface area contributed by atoms with E-state index in [1.54, 1.807) is 0 Å². The predicted molar refractivity (Wildman–Crippen MR) is 158 cm³/mol. The van der Waals surface area contributed by atoms with Gasteiger partial charge in [-0.2, -0.15) is 0 Å². The smallest absolute Gasteiger partial charge is 0.343 e. The lowest BCUT2D eigenvalue weighted by Gasteiger charge is -2.30. The van der Waals surface area contributed by atoms with Crippen LogP contribution in [0.2, 0.25) is 25.1 Å². The number of unbranched alkanes of at least 4 members (excludes halogenated alkanes) is 8. The van der Waals surface area contributed by atoms with Gasteiger partial charge in [0, 0.05) is 34.3 Å². The molecule has 13 heteroatoms. The van der Waals surface area contributed by atoms with E-state index in [0.29, 0.717) is 6.42 Å². The number of ether oxygens (including phenoxy) is 4. The quantitative estimate of drug-likeness (QED) is 0.0520. The van der Waals surface area contributed by atoms with Gasteiger partial charge in [-0.1, -0.05) is 103 Å². The molecule has 1 aromatic carbocycles. The van der Waals surface area contributed by atoms with E-state index in [9.17, 15) is 9.59 Å². The van der Waals surface area contributed by atoms with Crippen molar-refractivity contribution >= 4 is 69.9 Å². The summed E-state index contributed by atoms with van der Waals surface area (Å²) in [6.07, 6.45) is 7.48. The minimum absolute atomic E-state index is 0.0737. The van der Waals surface area contributed by atoms with Gasteiger partial charge in [0.25, 0.3) is 0 Å². The van der Waals surface area contributed by atoms with Gasteiger partial charge < -0.3 is 30.0 Å². The van der Waals surface area contributed by atoms with Crippen LogP contribution in [0, 0.1) is 0 Å². The van der Waals surface area contributed by atoms with Gasteiger partial charge in [-0.05, 0) is 19.4 Å². The molecule has 3 N–H and O–H groups in total. The molecule has 224 valence electrons. The average Bonchev–Trinajstić information content (AvgIpc) is 2.93. The van der Waals surface area contributed by atoms with Crippen LogP contribution in [0.1, 0.15) is 64.2 Å². The monoisotopic (exact) mass is 650 g/mol. The first-order valence-electron chi connectivity index (χ1n) is 12.9. The van der Waals surface area contributed by atoms with Crippen LogP contribution in [0.15, 0.2) is 0 Å². The van der Waals surface area contributed by atoms with Gasteiger partial charge in [0.1, 0.15) is 22.3 Å². The molecule has 0 aliphatic rings. The molecule has 0 fully saturated rings. The van der Waals surface area contributed by atoms with Crippen LogP contribution in [0.3, 0.4) is 0 Å². The Morgan fingerprint density at radius 2 is 1.21 bits per heavy atom. The number of benzene rings is 1. The first-order chi connectivity index (χ1) is 18.6. The number of hydrogen-bond acceptors (Lipinski definition) is 7. The summed E-state index contributed by atoms with van der Waals surface area (Å²) in [5, 5.41) is 2.14. The molecule has 0 bridgehead atoms. The van der Waals surface area contributed by atoms with Crippen LogP contribution in [0.4, 0.5) is 0 Å². The van der Waals surface area contributed by atoms with Crippen molar-refractivity contribution in [3.8, 4) is 5.75 Å². The third kappa shape index (κ3) is 12.1. The zero-order chi connectivity index (χ0) is 29.4. The lowest BCUT2D eigenvalue weighted by atomic mass is 10.1. The van der Waals surface area contributed by atoms with Gasteiger partial charge in [-0.3, -0.25) is 4.79 Å². The van der Waals surface area contributed by atoms with E-state index in [1.165, 1.54) is 53.4 Å². The number of halogens is 5. The molecular weight excluding hydrogens is 614 g/mol. The summed E-state index contributed by atoms with van der Waals surface area (Å²) in [5.74, 6) is -1.28. The van der Waals surface area contributed by atoms with E-state index in [-0.39, 0.29) is 43.3 Å². The molecule has 39 heavy (non-hydrogen) atoms. The van der Waals surface area contributed by atoms with Crippen molar-refractivity contribution in [2.45, 2.75) is 82.5 Å². The highest BCUT2D eigenvalue weighted by molar-refractivity contribution is 6.55. The average molecular weight is 653 g/mol. The lowest BCUT2D eigenvalue weighted by Crippen LogP contribution is -2.51. The Hall–Kier alpha value is -0.550. The largest absolute Gasteiger partial charge is 0.421 e. The predicted octanol–water partition coefficient (Wildman–Crippen LogP) is 6.88. The molecular formula is C26H39Cl5N2O6. The van der Waals surface area contributed by atoms with Crippen molar-refractivity contribution in [1.82, 2.24) is 5.32 Å². The summed E-state index contributed by atoms with van der Waals surface area (Å²) in [5.41, 5.74) is 5.51. The second-order valence-corrected chi connectivity index (χ2v) is 10.9. The van der Waals surface area contributed by atoms with Gasteiger partial charge >= 0.3 is 5.97 Å². The molecule has 8 nitrogen and oxygen atoms in total. The SMILES string of the molecule is CO[C@@H]([C@H](CNC(=O)CCCCCCCCCCCN)OC)[C@@H](OC)C(=O)Oc1c(Cl)c(Cl)c(Cl)c(Cl)c1Cl. The Morgan fingerprint density at radius 3 is 1.67 bits per heavy atom. The first-order valence-corrected chi connectivity index (χ1v) is 14.8. The highest BCUT2D eigenvalue weighted by Crippen LogP contribution is 2.48. The van der Waals surface area contributed by atoms with Gasteiger partial charge in [0.05, 0.1) is 15.1 Å². The molecule has 0 aromatic heterocycles. The number of rotatable bonds is 20. The van der Waals surface area contributed by atoms with Crippen LogP contribution in [0.5, 0.6) is 5.75 Å². The van der Waals surface area contributed by atoms with Gasteiger partial charge in [0.2, 0.25) is 5.91 Å². The zero-order valence-corrected chi connectivity index (χ0v) is 26.4. The molecule has 0 saturated carbocycles. The zero-order valence-electron chi connectivity index (χ0n) is 22.6. The number of nitrogens with two attached hydrogens (primary N) is 1. The Bertz CT molecular complexity index is 879. The van der Waals surface area contributed by atoms with E-state index in [4.69, 9.17) is 82.7 Å². The Labute approximate surface area is 256 Å². The number of amides is 1. The minimum atomic E-state index is -1.27. The van der Waals surface area contributed by atoms with Crippen LogP contribution >= 0.6 is 58.0 Å². The number of nitrogens with one attached hydrogen (secondary N) is 1. The molecule has 0 aliphatic carbocycles. The minimum Gasteiger partial charge on any atom is -0.421 e. The molecule has 0 unspecified atom stereocenters. The fraction of sp³-hybridized carbons (Fsp3) is 0.692. The summed E-state index contributed by atoms with van der Waals surface area (Å²) in [6.45, 7) is 0.850. The Balaban J connectivity index is 2.61.